The van der Waals surface area contributed by atoms with E-state index < -0.39 is 6.36 Å². The van der Waals surface area contributed by atoms with Crippen LogP contribution in [0.15, 0.2) is 67.1 Å². The van der Waals surface area contributed by atoms with Crippen molar-refractivity contribution in [2.75, 3.05) is 0 Å². The molecule has 0 saturated carbocycles. The Balaban J connectivity index is 1.47. The average molecular weight is 469 g/mol. The topological polar surface area (TPSA) is 81.9 Å². The quantitative estimate of drug-likeness (QED) is 0.408. The van der Waals surface area contributed by atoms with Crippen LogP contribution >= 0.6 is 0 Å². The minimum Gasteiger partial charge on any atom is -0.406 e. The summed E-state index contributed by atoms with van der Waals surface area (Å²) in [6.07, 6.45) is 0.851. The molecule has 7 nitrogen and oxygen atoms in total. The third-order valence-electron chi connectivity index (χ3n) is 5.24. The lowest BCUT2D eigenvalue weighted by Gasteiger charge is -2.14. The monoisotopic (exact) mass is 469 g/mol. The molecule has 0 aliphatic rings. The van der Waals surface area contributed by atoms with Gasteiger partial charge in [-0.3, -0.25) is 9.78 Å². The third-order valence-corrected chi connectivity index (χ3v) is 5.24. The molecular weight excluding hydrogens is 447 g/mol. The van der Waals surface area contributed by atoms with E-state index in [1.165, 1.54) is 12.1 Å². The van der Waals surface area contributed by atoms with E-state index in [1.807, 2.05) is 29.7 Å². The summed E-state index contributed by atoms with van der Waals surface area (Å²) in [7, 11) is 0. The molecule has 1 aromatic carbocycles. The second-order valence-corrected chi connectivity index (χ2v) is 7.72. The van der Waals surface area contributed by atoms with Gasteiger partial charge in [-0.15, -0.1) is 13.2 Å². The first-order chi connectivity index (χ1) is 16.3. The van der Waals surface area contributed by atoms with E-state index in [4.69, 9.17) is 0 Å². The first-order valence-electron chi connectivity index (χ1n) is 10.6. The standard InChI is InChI=1S/C24H22F3N5O2/c1-16(18-10-13-28-14-11-18)30-22(33)9-8-21-31-20-3-2-12-29-23(20)32(21)15-17-4-6-19(7-5-17)34-24(25,26)27/h2-7,10-14,16H,8-9,15H2,1H3,(H,30,33). The molecule has 1 amide bonds. The van der Waals surface area contributed by atoms with Crippen molar-refractivity contribution >= 4 is 17.1 Å². The zero-order chi connectivity index (χ0) is 24.1. The molecule has 1 N–H and O–H groups in total. The molecule has 0 radical (unpaired) electrons. The van der Waals surface area contributed by atoms with E-state index in [9.17, 15) is 18.0 Å². The third kappa shape index (κ3) is 5.89. The van der Waals surface area contributed by atoms with Gasteiger partial charge < -0.3 is 14.6 Å². The highest BCUT2D eigenvalue weighted by Crippen LogP contribution is 2.24. The van der Waals surface area contributed by atoms with E-state index in [0.29, 0.717) is 30.0 Å². The number of aryl methyl sites for hydroxylation is 1. The second kappa shape index (κ2) is 9.90. The Morgan fingerprint density at radius 3 is 2.53 bits per heavy atom. The number of rotatable bonds is 8. The largest absolute Gasteiger partial charge is 0.573 e. The number of fused-ring (bicyclic) bond motifs is 1. The van der Waals surface area contributed by atoms with Gasteiger partial charge in [0.2, 0.25) is 5.91 Å². The lowest BCUT2D eigenvalue weighted by Crippen LogP contribution is -2.27. The molecule has 34 heavy (non-hydrogen) atoms. The van der Waals surface area contributed by atoms with E-state index >= 15 is 0 Å². The highest BCUT2D eigenvalue weighted by molar-refractivity contribution is 5.77. The summed E-state index contributed by atoms with van der Waals surface area (Å²) in [5.74, 6) is 0.255. The molecule has 0 saturated heterocycles. The van der Waals surface area contributed by atoms with Crippen LogP contribution in [0.1, 0.15) is 36.3 Å². The molecule has 0 aliphatic carbocycles. The Kier molecular flexibility index (Phi) is 6.76. The van der Waals surface area contributed by atoms with Crippen LogP contribution in [0.3, 0.4) is 0 Å². The van der Waals surface area contributed by atoms with Crippen molar-refractivity contribution in [2.24, 2.45) is 0 Å². The molecule has 0 bridgehead atoms. The molecule has 176 valence electrons. The van der Waals surface area contributed by atoms with Crippen LogP contribution in [0.25, 0.3) is 11.2 Å². The summed E-state index contributed by atoms with van der Waals surface area (Å²) in [5.41, 5.74) is 3.02. The number of hydrogen-bond acceptors (Lipinski definition) is 5. The van der Waals surface area contributed by atoms with Crippen molar-refractivity contribution in [1.82, 2.24) is 24.8 Å². The van der Waals surface area contributed by atoms with Crippen molar-refractivity contribution in [2.45, 2.75) is 38.7 Å². The van der Waals surface area contributed by atoms with E-state index in [-0.39, 0.29) is 24.1 Å². The summed E-state index contributed by atoms with van der Waals surface area (Å²) < 4.78 is 43.1. The number of halogens is 3. The number of alkyl halides is 3. The van der Waals surface area contributed by atoms with Crippen molar-refractivity contribution in [3.63, 3.8) is 0 Å². The Morgan fingerprint density at radius 2 is 1.82 bits per heavy atom. The number of nitrogens with zero attached hydrogens (tertiary/aromatic N) is 4. The molecule has 1 atom stereocenters. The van der Waals surface area contributed by atoms with Gasteiger partial charge >= 0.3 is 6.36 Å². The van der Waals surface area contributed by atoms with Gasteiger partial charge in [-0.1, -0.05) is 12.1 Å². The molecule has 4 aromatic rings. The molecule has 3 aromatic heterocycles. The first-order valence-corrected chi connectivity index (χ1v) is 10.6. The van der Waals surface area contributed by atoms with Crippen LogP contribution < -0.4 is 10.1 Å². The van der Waals surface area contributed by atoms with E-state index in [2.05, 4.69) is 25.0 Å². The highest BCUT2D eigenvalue weighted by atomic mass is 19.4. The first kappa shape index (κ1) is 23.2. The molecule has 0 aliphatic heterocycles. The normalized spacial score (nSPS) is 12.5. The van der Waals surface area contributed by atoms with Gasteiger partial charge in [-0.05, 0) is 54.4 Å². The SMILES string of the molecule is CC(NC(=O)CCc1nc2cccnc2n1Cc1ccc(OC(F)(F)F)cc1)c1ccncc1. The van der Waals surface area contributed by atoms with Crippen LogP contribution in [-0.2, 0) is 17.8 Å². The van der Waals surface area contributed by atoms with Crippen molar-refractivity contribution < 1.29 is 22.7 Å². The van der Waals surface area contributed by atoms with E-state index in [1.54, 1.807) is 36.8 Å². The number of nitrogens with one attached hydrogen (secondary N) is 1. The van der Waals surface area contributed by atoms with Crippen LogP contribution in [0, 0.1) is 0 Å². The maximum absolute atomic E-state index is 12.6. The van der Waals surface area contributed by atoms with Gasteiger partial charge in [0.1, 0.15) is 17.1 Å². The lowest BCUT2D eigenvalue weighted by molar-refractivity contribution is -0.274. The number of pyridine rings is 2. The Bertz CT molecular complexity index is 1260. The molecule has 0 fully saturated rings. The Labute approximate surface area is 193 Å². The number of carbonyl (C=O) groups excluding carboxylic acids is 1. The van der Waals surface area contributed by atoms with Crippen molar-refractivity contribution in [3.05, 3.63) is 84.1 Å². The predicted molar refractivity (Wildman–Crippen MR) is 119 cm³/mol. The smallest absolute Gasteiger partial charge is 0.406 e. The predicted octanol–water partition coefficient (Wildman–Crippen LogP) is 4.58. The lowest BCUT2D eigenvalue weighted by atomic mass is 10.1. The molecule has 3 heterocycles. The van der Waals surface area contributed by atoms with Crippen LogP contribution in [-0.4, -0.2) is 31.8 Å². The van der Waals surface area contributed by atoms with Gasteiger partial charge in [-0.25, -0.2) is 9.97 Å². The maximum atomic E-state index is 12.6. The van der Waals surface area contributed by atoms with Crippen molar-refractivity contribution in [3.8, 4) is 5.75 Å². The van der Waals surface area contributed by atoms with Gasteiger partial charge in [0.25, 0.3) is 0 Å². The van der Waals surface area contributed by atoms with Crippen LogP contribution in [0.2, 0.25) is 0 Å². The van der Waals surface area contributed by atoms with Crippen LogP contribution in [0.5, 0.6) is 5.75 Å². The number of imidazole rings is 1. The zero-order valence-electron chi connectivity index (χ0n) is 18.3. The molecule has 1 unspecified atom stereocenters. The minimum absolute atomic E-state index is 0.121. The Hall–Kier alpha value is -3.95. The number of hydrogen-bond donors (Lipinski definition) is 1. The second-order valence-electron chi connectivity index (χ2n) is 7.72. The Morgan fingerprint density at radius 1 is 1.09 bits per heavy atom. The number of amides is 1. The highest BCUT2D eigenvalue weighted by Gasteiger charge is 2.31. The number of carbonyl (C=O) groups is 1. The van der Waals surface area contributed by atoms with Gasteiger partial charge in [0.05, 0.1) is 12.6 Å². The van der Waals surface area contributed by atoms with Crippen molar-refractivity contribution in [1.29, 1.82) is 0 Å². The summed E-state index contributed by atoms with van der Waals surface area (Å²) in [5, 5.41) is 2.97. The van der Waals surface area contributed by atoms with Gasteiger partial charge in [0.15, 0.2) is 5.65 Å². The summed E-state index contributed by atoms with van der Waals surface area (Å²) in [4.78, 5) is 25.6. The maximum Gasteiger partial charge on any atom is 0.573 e. The number of benzene rings is 1. The molecule has 10 heteroatoms. The summed E-state index contributed by atoms with van der Waals surface area (Å²) in [6, 6.07) is 12.8. The molecule has 4 rings (SSSR count). The number of ether oxygens (including phenoxy) is 1. The number of aromatic nitrogens is 4. The fourth-order valence-electron chi connectivity index (χ4n) is 3.62. The van der Waals surface area contributed by atoms with Gasteiger partial charge in [0, 0.05) is 31.4 Å². The van der Waals surface area contributed by atoms with Gasteiger partial charge in [-0.2, -0.15) is 0 Å². The molecular formula is C24H22F3N5O2. The molecule has 0 spiro atoms. The fraction of sp³-hybridized carbons (Fsp3) is 0.250. The van der Waals surface area contributed by atoms with E-state index in [0.717, 1.165) is 11.1 Å². The average Bonchev–Trinajstić information content (AvgIpc) is 3.16. The zero-order valence-corrected chi connectivity index (χ0v) is 18.3. The summed E-state index contributed by atoms with van der Waals surface area (Å²) in [6.45, 7) is 2.24. The minimum atomic E-state index is -4.74. The van der Waals surface area contributed by atoms with Crippen LogP contribution in [0.4, 0.5) is 13.2 Å². The summed E-state index contributed by atoms with van der Waals surface area (Å²) >= 11 is 0. The fourth-order valence-corrected chi connectivity index (χ4v) is 3.62.